The van der Waals surface area contributed by atoms with E-state index in [2.05, 4.69) is 18.4 Å². The fourth-order valence-corrected chi connectivity index (χ4v) is 7.49. The van der Waals surface area contributed by atoms with Crippen LogP contribution in [0, 0.1) is 0 Å². The molecule has 0 amide bonds. The number of carbonyl (C=O) groups is 3. The Bertz CT molecular complexity index is 968. The summed E-state index contributed by atoms with van der Waals surface area (Å²) in [5.74, 6) is -2.36. The maximum atomic E-state index is 12.6. The number of hydrogen-bond donors (Lipinski definition) is 3. The van der Waals surface area contributed by atoms with Crippen LogP contribution in [-0.4, -0.2) is 59.9 Å². The normalized spacial score (nSPS) is 13.6. The summed E-state index contributed by atoms with van der Waals surface area (Å²) in [5, 5.41) is 8.89. The number of phosphoric ester groups is 1. The number of unbranched alkanes of at least 4 members (excludes halogenated alkanes) is 30. The highest BCUT2D eigenvalue weighted by atomic mass is 31.2. The van der Waals surface area contributed by atoms with E-state index in [-0.39, 0.29) is 19.4 Å². The van der Waals surface area contributed by atoms with E-state index in [1.54, 1.807) is 0 Å². The largest absolute Gasteiger partial charge is 0.480 e. The Balaban J connectivity index is 4.27. The van der Waals surface area contributed by atoms with Crippen LogP contribution in [0.25, 0.3) is 0 Å². The molecule has 332 valence electrons. The van der Waals surface area contributed by atoms with Gasteiger partial charge in [-0.3, -0.25) is 23.4 Å². The molecule has 0 aromatic rings. The van der Waals surface area contributed by atoms with Crippen LogP contribution < -0.4 is 5.73 Å². The Kier molecular flexibility index (Phi) is 39.2. The third-order valence-electron chi connectivity index (χ3n) is 10.4. The molecule has 3 atom stereocenters. The third-order valence-corrected chi connectivity index (χ3v) is 11.3. The molecule has 0 heterocycles. The molecule has 12 heteroatoms. The third kappa shape index (κ3) is 39.3. The molecule has 0 aliphatic carbocycles. The lowest BCUT2D eigenvalue weighted by atomic mass is 10.0. The van der Waals surface area contributed by atoms with Crippen LogP contribution in [0.1, 0.15) is 232 Å². The SMILES string of the molecule is CCCCCCCCCCCCCCCCCCCC(=O)OC[C@H](COP(=O)(O)OC[C@H](N)C(=O)O)OC(=O)CCCCCCCCCCCCCCCCC. The zero-order valence-electron chi connectivity index (χ0n) is 36.0. The molecule has 11 nitrogen and oxygen atoms in total. The summed E-state index contributed by atoms with van der Waals surface area (Å²) < 4.78 is 32.7. The molecular formula is C44H86NO10P. The molecule has 0 saturated heterocycles. The number of phosphoric acid groups is 1. The first-order valence-corrected chi connectivity index (χ1v) is 24.6. The second kappa shape index (κ2) is 40.3. The number of carboxylic acids is 1. The van der Waals surface area contributed by atoms with E-state index in [9.17, 15) is 23.8 Å². The number of esters is 2. The number of rotatable bonds is 44. The minimum atomic E-state index is -4.71. The minimum Gasteiger partial charge on any atom is -0.480 e. The monoisotopic (exact) mass is 820 g/mol. The van der Waals surface area contributed by atoms with Crippen LogP contribution >= 0.6 is 7.82 Å². The standard InChI is InChI=1S/C44H86NO10P/c1-3-5-7-9-11-13-15-17-19-20-22-23-25-27-29-31-33-35-42(46)52-37-40(38-53-56(50,51)54-39-41(45)44(48)49)55-43(47)36-34-32-30-28-26-24-21-18-16-14-12-10-8-6-4-2/h40-41H,3-39,45H2,1-2H3,(H,48,49)(H,50,51)/t40-,41+/m1/s1. The van der Waals surface area contributed by atoms with Crippen LogP contribution in [-0.2, 0) is 37.5 Å². The molecule has 0 rings (SSSR count). The summed E-state index contributed by atoms with van der Waals surface area (Å²) in [5.41, 5.74) is 5.34. The van der Waals surface area contributed by atoms with Gasteiger partial charge in [0.05, 0.1) is 13.2 Å². The smallest absolute Gasteiger partial charge is 0.472 e. The summed E-state index contributed by atoms with van der Waals surface area (Å²) in [6.45, 7) is 2.85. The highest BCUT2D eigenvalue weighted by Gasteiger charge is 2.28. The number of carbonyl (C=O) groups excluding carboxylic acids is 2. The Morgan fingerprint density at radius 2 is 0.786 bits per heavy atom. The highest BCUT2D eigenvalue weighted by Crippen LogP contribution is 2.43. The van der Waals surface area contributed by atoms with Gasteiger partial charge >= 0.3 is 25.7 Å². The van der Waals surface area contributed by atoms with Crippen molar-refractivity contribution in [1.29, 1.82) is 0 Å². The molecule has 0 aliphatic heterocycles. The zero-order valence-corrected chi connectivity index (χ0v) is 36.9. The van der Waals surface area contributed by atoms with Crippen molar-refractivity contribution >= 4 is 25.7 Å². The lowest BCUT2D eigenvalue weighted by molar-refractivity contribution is -0.161. The molecule has 0 aliphatic rings. The van der Waals surface area contributed by atoms with Crippen LogP contribution in [0.15, 0.2) is 0 Å². The van der Waals surface area contributed by atoms with Gasteiger partial charge in [0.25, 0.3) is 0 Å². The molecule has 0 saturated carbocycles. The molecule has 0 aromatic carbocycles. The number of nitrogens with two attached hydrogens (primary N) is 1. The summed E-state index contributed by atoms with van der Waals surface area (Å²) in [6.07, 6.45) is 38.7. The van der Waals surface area contributed by atoms with E-state index in [4.69, 9.17) is 24.8 Å². The Hall–Kier alpha value is -1.52. The van der Waals surface area contributed by atoms with E-state index in [0.717, 1.165) is 38.5 Å². The van der Waals surface area contributed by atoms with Crippen LogP contribution in [0.3, 0.4) is 0 Å². The predicted octanol–water partition coefficient (Wildman–Crippen LogP) is 12.3. The van der Waals surface area contributed by atoms with E-state index in [0.29, 0.717) is 12.8 Å². The van der Waals surface area contributed by atoms with Gasteiger partial charge in [-0.1, -0.05) is 206 Å². The fourth-order valence-electron chi connectivity index (χ4n) is 6.71. The Labute approximate surface area is 342 Å². The summed E-state index contributed by atoms with van der Waals surface area (Å²) in [7, 11) is -4.71. The van der Waals surface area contributed by atoms with Crippen molar-refractivity contribution < 1.29 is 47.5 Å². The van der Waals surface area contributed by atoms with Crippen molar-refractivity contribution in [3.05, 3.63) is 0 Å². The van der Waals surface area contributed by atoms with Gasteiger partial charge in [-0.15, -0.1) is 0 Å². The minimum absolute atomic E-state index is 0.169. The van der Waals surface area contributed by atoms with Gasteiger partial charge in [-0.05, 0) is 12.8 Å². The maximum Gasteiger partial charge on any atom is 0.472 e. The molecule has 1 unspecified atom stereocenters. The Morgan fingerprint density at radius 1 is 0.482 bits per heavy atom. The van der Waals surface area contributed by atoms with Gasteiger partial charge in [0.15, 0.2) is 6.10 Å². The summed E-state index contributed by atoms with van der Waals surface area (Å²) in [6, 6.07) is -1.52. The van der Waals surface area contributed by atoms with Gasteiger partial charge in [-0.25, -0.2) is 4.57 Å². The van der Waals surface area contributed by atoms with E-state index in [1.165, 1.54) is 154 Å². The van der Waals surface area contributed by atoms with Gasteiger partial charge in [0, 0.05) is 12.8 Å². The van der Waals surface area contributed by atoms with Gasteiger partial charge < -0.3 is 25.2 Å². The number of carboxylic acid groups (broad SMARTS) is 1. The lowest BCUT2D eigenvalue weighted by Crippen LogP contribution is -2.34. The van der Waals surface area contributed by atoms with Crippen molar-refractivity contribution in [2.24, 2.45) is 5.73 Å². The van der Waals surface area contributed by atoms with E-state index in [1.807, 2.05) is 0 Å². The first kappa shape index (κ1) is 54.5. The van der Waals surface area contributed by atoms with Crippen molar-refractivity contribution in [2.75, 3.05) is 19.8 Å². The van der Waals surface area contributed by atoms with Gasteiger partial charge in [0.1, 0.15) is 12.6 Å². The second-order valence-electron chi connectivity index (χ2n) is 15.9. The molecule has 0 spiro atoms. The molecule has 56 heavy (non-hydrogen) atoms. The van der Waals surface area contributed by atoms with Crippen molar-refractivity contribution in [2.45, 2.75) is 244 Å². The lowest BCUT2D eigenvalue weighted by Gasteiger charge is -2.20. The zero-order chi connectivity index (χ0) is 41.4. The summed E-state index contributed by atoms with van der Waals surface area (Å²) >= 11 is 0. The molecule has 0 aromatic heterocycles. The number of ether oxygens (including phenoxy) is 2. The number of aliphatic carboxylic acids is 1. The molecular weight excluding hydrogens is 733 g/mol. The maximum absolute atomic E-state index is 12.6. The van der Waals surface area contributed by atoms with Crippen LogP contribution in [0.4, 0.5) is 0 Å². The van der Waals surface area contributed by atoms with Gasteiger partial charge in [-0.2, -0.15) is 0 Å². The van der Waals surface area contributed by atoms with Crippen LogP contribution in [0.2, 0.25) is 0 Å². The quantitative estimate of drug-likeness (QED) is 0.0303. The summed E-state index contributed by atoms with van der Waals surface area (Å²) in [4.78, 5) is 46.0. The average molecular weight is 820 g/mol. The first-order chi connectivity index (χ1) is 27.1. The van der Waals surface area contributed by atoms with Crippen LogP contribution in [0.5, 0.6) is 0 Å². The number of hydrogen-bond acceptors (Lipinski definition) is 9. The van der Waals surface area contributed by atoms with Gasteiger partial charge in [0.2, 0.25) is 0 Å². The average Bonchev–Trinajstić information content (AvgIpc) is 3.17. The Morgan fingerprint density at radius 3 is 1.12 bits per heavy atom. The van der Waals surface area contributed by atoms with E-state index >= 15 is 0 Å². The van der Waals surface area contributed by atoms with Crippen molar-refractivity contribution in [1.82, 2.24) is 0 Å². The van der Waals surface area contributed by atoms with Crippen molar-refractivity contribution in [3.8, 4) is 0 Å². The molecule has 4 N–H and O–H groups in total. The second-order valence-corrected chi connectivity index (χ2v) is 17.4. The topological polar surface area (TPSA) is 172 Å². The fraction of sp³-hybridized carbons (Fsp3) is 0.932. The van der Waals surface area contributed by atoms with E-state index < -0.39 is 51.1 Å². The highest BCUT2D eigenvalue weighted by molar-refractivity contribution is 7.47. The molecule has 0 radical (unpaired) electrons. The van der Waals surface area contributed by atoms with Crippen molar-refractivity contribution in [3.63, 3.8) is 0 Å². The first-order valence-electron chi connectivity index (χ1n) is 23.1. The molecule has 0 fully saturated rings. The predicted molar refractivity (Wildman–Crippen MR) is 227 cm³/mol. The molecule has 0 bridgehead atoms.